The molecule has 7 nitrogen and oxygen atoms in total. The molecular weight excluding hydrogens is 474 g/mol. The third-order valence-electron chi connectivity index (χ3n) is 5.76. The Morgan fingerprint density at radius 2 is 1.37 bits per heavy atom. The highest BCUT2D eigenvalue weighted by atomic mass is 32.1. The molecular formula is C26H23N7S2. The number of para-hydroxylation sites is 1. The van der Waals surface area contributed by atoms with Gasteiger partial charge in [-0.25, -0.2) is 14.6 Å². The number of rotatable bonds is 8. The lowest BCUT2D eigenvalue weighted by Crippen LogP contribution is -2.27. The molecule has 0 aliphatic rings. The van der Waals surface area contributed by atoms with Crippen molar-refractivity contribution in [1.29, 1.82) is 0 Å². The van der Waals surface area contributed by atoms with Gasteiger partial charge in [-0.05, 0) is 43.3 Å². The van der Waals surface area contributed by atoms with Crippen LogP contribution in [0.25, 0.3) is 16.0 Å². The molecule has 6 rings (SSSR count). The number of benzene rings is 1. The van der Waals surface area contributed by atoms with Crippen LogP contribution in [0.3, 0.4) is 0 Å². The molecule has 174 valence electrons. The Bertz CT molecular complexity index is 1430. The zero-order chi connectivity index (χ0) is 23.6. The van der Waals surface area contributed by atoms with Crippen LogP contribution in [-0.4, -0.2) is 28.9 Å². The van der Waals surface area contributed by atoms with Crippen LogP contribution < -0.4 is 4.90 Å². The maximum absolute atomic E-state index is 4.85. The average Bonchev–Trinajstić information content (AvgIpc) is 3.70. The van der Waals surface area contributed by atoms with E-state index in [-0.39, 0.29) is 0 Å². The summed E-state index contributed by atoms with van der Waals surface area (Å²) in [6.07, 6.45) is 7.83. The van der Waals surface area contributed by atoms with E-state index in [2.05, 4.69) is 78.9 Å². The van der Waals surface area contributed by atoms with Gasteiger partial charge in [0.1, 0.15) is 5.82 Å². The van der Waals surface area contributed by atoms with Crippen LogP contribution in [0.1, 0.15) is 17.1 Å². The number of nitrogens with zero attached hydrogens (tertiary/aromatic N) is 7. The van der Waals surface area contributed by atoms with Gasteiger partial charge in [0.15, 0.2) is 10.3 Å². The normalized spacial score (nSPS) is 11.2. The molecule has 35 heavy (non-hydrogen) atoms. The van der Waals surface area contributed by atoms with Gasteiger partial charge in [0.05, 0.1) is 24.5 Å². The zero-order valence-corrected chi connectivity index (χ0v) is 20.7. The van der Waals surface area contributed by atoms with Crippen LogP contribution in [0.4, 0.5) is 5.82 Å². The van der Waals surface area contributed by atoms with Crippen LogP contribution in [0, 0.1) is 6.92 Å². The number of aromatic nitrogens is 6. The van der Waals surface area contributed by atoms with Gasteiger partial charge in [0.2, 0.25) is 0 Å². The molecule has 0 saturated carbocycles. The lowest BCUT2D eigenvalue weighted by Gasteiger charge is -2.26. The molecule has 0 spiro atoms. The second-order valence-corrected chi connectivity index (χ2v) is 9.86. The van der Waals surface area contributed by atoms with Gasteiger partial charge in [-0.1, -0.05) is 18.2 Å². The molecule has 0 fully saturated rings. The third kappa shape index (κ3) is 4.31. The summed E-state index contributed by atoms with van der Waals surface area (Å²) in [6, 6.07) is 20.9. The average molecular weight is 498 g/mol. The topological polar surface area (TPSA) is 56.7 Å². The molecule has 5 aromatic heterocycles. The molecule has 1 aromatic carbocycles. The fourth-order valence-electron chi connectivity index (χ4n) is 4.21. The van der Waals surface area contributed by atoms with Crippen LogP contribution >= 0.6 is 22.7 Å². The second-order valence-electron chi connectivity index (χ2n) is 8.12. The maximum Gasteiger partial charge on any atom is 0.193 e. The molecule has 6 aromatic rings. The second kappa shape index (κ2) is 9.36. The Balaban J connectivity index is 1.43. The van der Waals surface area contributed by atoms with E-state index in [1.807, 2.05) is 53.0 Å². The van der Waals surface area contributed by atoms with Gasteiger partial charge in [-0.15, -0.1) is 22.7 Å². The smallest absolute Gasteiger partial charge is 0.193 e. The summed E-state index contributed by atoms with van der Waals surface area (Å²) in [7, 11) is 0. The molecule has 9 heteroatoms. The number of aryl methyl sites for hydroxylation is 1. The maximum atomic E-state index is 4.85. The van der Waals surface area contributed by atoms with Crippen molar-refractivity contribution in [2.45, 2.75) is 20.0 Å². The van der Waals surface area contributed by atoms with Crippen molar-refractivity contribution in [1.82, 2.24) is 28.9 Å². The summed E-state index contributed by atoms with van der Waals surface area (Å²) < 4.78 is 6.35. The highest BCUT2D eigenvalue weighted by molar-refractivity contribution is 7.12. The Hall–Kier alpha value is -3.95. The minimum Gasteiger partial charge on any atom is -0.345 e. The number of hydrogen-bond acceptors (Lipinski definition) is 6. The fourth-order valence-corrected chi connectivity index (χ4v) is 5.53. The van der Waals surface area contributed by atoms with E-state index in [1.54, 1.807) is 22.7 Å². The Kier molecular flexibility index (Phi) is 5.77. The quantitative estimate of drug-likeness (QED) is 0.263. The van der Waals surface area contributed by atoms with Crippen molar-refractivity contribution in [3.63, 3.8) is 0 Å². The Labute approximate surface area is 211 Å². The molecule has 0 saturated heterocycles. The van der Waals surface area contributed by atoms with E-state index >= 15 is 0 Å². The summed E-state index contributed by atoms with van der Waals surface area (Å²) in [5.41, 5.74) is 4.32. The molecule has 0 aliphatic heterocycles. The molecule has 5 heterocycles. The number of thiazole rings is 2. The first-order valence-corrected chi connectivity index (χ1v) is 13.0. The van der Waals surface area contributed by atoms with Crippen molar-refractivity contribution in [3.8, 4) is 16.0 Å². The van der Waals surface area contributed by atoms with Crippen LogP contribution in [0.2, 0.25) is 0 Å². The van der Waals surface area contributed by atoms with Crippen molar-refractivity contribution < 1.29 is 0 Å². The highest BCUT2D eigenvalue weighted by Crippen LogP contribution is 2.27. The van der Waals surface area contributed by atoms with Gasteiger partial charge < -0.3 is 4.90 Å². The first-order valence-electron chi connectivity index (χ1n) is 11.3. The van der Waals surface area contributed by atoms with Crippen molar-refractivity contribution in [3.05, 3.63) is 113 Å². The van der Waals surface area contributed by atoms with Crippen LogP contribution in [0.15, 0.2) is 96.2 Å². The van der Waals surface area contributed by atoms with E-state index in [9.17, 15) is 0 Å². The minimum atomic E-state index is 0.688. The van der Waals surface area contributed by atoms with E-state index in [0.717, 1.165) is 38.9 Å². The molecule has 0 bridgehead atoms. The summed E-state index contributed by atoms with van der Waals surface area (Å²) in [4.78, 5) is 11.4. The summed E-state index contributed by atoms with van der Waals surface area (Å²) in [5.74, 6) is 1.03. The van der Waals surface area contributed by atoms with Crippen molar-refractivity contribution >= 4 is 28.5 Å². The predicted molar refractivity (Wildman–Crippen MR) is 141 cm³/mol. The van der Waals surface area contributed by atoms with Gasteiger partial charge in [-0.3, -0.25) is 9.13 Å². The minimum absolute atomic E-state index is 0.688. The van der Waals surface area contributed by atoms with Gasteiger partial charge in [0.25, 0.3) is 0 Å². The molecule has 0 atom stereocenters. The van der Waals surface area contributed by atoms with E-state index < -0.39 is 0 Å². The lowest BCUT2D eigenvalue weighted by atomic mass is 10.3. The molecule has 0 N–H and O–H groups in total. The molecule has 0 unspecified atom stereocenters. The van der Waals surface area contributed by atoms with Crippen LogP contribution in [-0.2, 0) is 13.1 Å². The Morgan fingerprint density at radius 1 is 0.771 bits per heavy atom. The zero-order valence-electron chi connectivity index (χ0n) is 19.1. The number of anilines is 1. The fraction of sp³-hybridized carbons (Fsp3) is 0.115. The molecule has 0 amide bonds. The summed E-state index contributed by atoms with van der Waals surface area (Å²) in [5, 5.41) is 10.8. The summed E-state index contributed by atoms with van der Waals surface area (Å²) in [6.45, 7) is 3.42. The molecule has 0 radical (unpaired) electrons. The van der Waals surface area contributed by atoms with E-state index in [1.165, 1.54) is 0 Å². The largest absolute Gasteiger partial charge is 0.345 e. The monoisotopic (exact) mass is 497 g/mol. The first kappa shape index (κ1) is 21.6. The van der Waals surface area contributed by atoms with Crippen molar-refractivity contribution in [2.24, 2.45) is 0 Å². The van der Waals surface area contributed by atoms with Gasteiger partial charge in [0, 0.05) is 53.0 Å². The Morgan fingerprint density at radius 3 is 1.91 bits per heavy atom. The third-order valence-corrected chi connectivity index (χ3v) is 7.30. The van der Waals surface area contributed by atoms with Gasteiger partial charge in [-0.2, -0.15) is 5.10 Å². The van der Waals surface area contributed by atoms with Gasteiger partial charge >= 0.3 is 0 Å². The molecule has 0 aliphatic carbocycles. The lowest BCUT2D eigenvalue weighted by molar-refractivity contribution is 0.703. The van der Waals surface area contributed by atoms with Crippen LogP contribution in [0.5, 0.6) is 0 Å². The van der Waals surface area contributed by atoms with E-state index in [4.69, 9.17) is 5.10 Å². The number of hydrogen-bond donors (Lipinski definition) is 0. The predicted octanol–water partition coefficient (Wildman–Crippen LogP) is 5.88. The first-order chi connectivity index (χ1) is 17.3. The summed E-state index contributed by atoms with van der Waals surface area (Å²) >= 11 is 3.27. The highest BCUT2D eigenvalue weighted by Gasteiger charge is 2.20. The van der Waals surface area contributed by atoms with E-state index in [0.29, 0.717) is 13.1 Å². The van der Waals surface area contributed by atoms with Crippen molar-refractivity contribution in [2.75, 3.05) is 4.90 Å². The standard InChI is InChI=1S/C26H23N7S2/c1-20-17-24(33(29-20)21-7-3-2-4-8-21)30(18-22-9-5-13-31(22)25-27-11-15-34-25)19-23-10-6-14-32(23)26-28-12-16-35-26/h2-17H,18-19H2,1H3. The SMILES string of the molecule is Cc1cc(N(Cc2cccn2-c2nccs2)Cc2cccn2-c2nccs2)n(-c2ccccc2)n1.